The monoisotopic (exact) mass is 297 g/mol. The lowest BCUT2D eigenvalue weighted by molar-refractivity contribution is -0.00997. The molecule has 21 heavy (non-hydrogen) atoms. The van der Waals surface area contributed by atoms with Crippen LogP contribution in [0.15, 0.2) is 10.5 Å². The van der Waals surface area contributed by atoms with Gasteiger partial charge in [0.1, 0.15) is 5.76 Å². The van der Waals surface area contributed by atoms with E-state index in [1.54, 1.807) is 0 Å². The number of carbonyl (C=O) groups is 1. The van der Waals surface area contributed by atoms with Gasteiger partial charge in [-0.1, -0.05) is 0 Å². The molecule has 1 fully saturated rings. The molecule has 0 bridgehead atoms. The van der Waals surface area contributed by atoms with Gasteiger partial charge in [-0.25, -0.2) is 4.79 Å². The lowest BCUT2D eigenvalue weighted by Crippen LogP contribution is -2.36. The van der Waals surface area contributed by atoms with E-state index in [2.05, 4.69) is 9.64 Å². The van der Waals surface area contributed by atoms with Crippen molar-refractivity contribution in [3.05, 3.63) is 23.2 Å². The second kappa shape index (κ2) is 7.59. The van der Waals surface area contributed by atoms with E-state index < -0.39 is 5.97 Å². The molecule has 1 N–H and O–H groups in total. The maximum atomic E-state index is 11.5. The molecule has 0 spiro atoms. The molecular formula is C15H23NO5. The van der Waals surface area contributed by atoms with E-state index in [1.807, 2.05) is 13.0 Å². The van der Waals surface area contributed by atoms with Crippen molar-refractivity contribution < 1.29 is 23.8 Å². The van der Waals surface area contributed by atoms with Crippen LogP contribution in [0.5, 0.6) is 0 Å². The van der Waals surface area contributed by atoms with E-state index in [0.29, 0.717) is 13.2 Å². The number of aliphatic hydroxyl groups excluding tert-OH is 1. The second-order valence-electron chi connectivity index (χ2n) is 5.29. The molecule has 0 atom stereocenters. The van der Waals surface area contributed by atoms with Crippen LogP contribution in [0.2, 0.25) is 0 Å². The van der Waals surface area contributed by atoms with E-state index in [9.17, 15) is 4.79 Å². The van der Waals surface area contributed by atoms with E-state index in [0.717, 1.165) is 37.3 Å². The van der Waals surface area contributed by atoms with E-state index in [1.165, 1.54) is 7.11 Å². The van der Waals surface area contributed by atoms with Crippen LogP contribution in [-0.4, -0.2) is 55.5 Å². The molecule has 1 aromatic heterocycles. The van der Waals surface area contributed by atoms with Crippen molar-refractivity contribution in [2.45, 2.75) is 32.4 Å². The van der Waals surface area contributed by atoms with Gasteiger partial charge in [0.15, 0.2) is 0 Å². The summed E-state index contributed by atoms with van der Waals surface area (Å²) in [5.74, 6) is 0.631. The number of nitrogens with zero attached hydrogens (tertiary/aromatic N) is 1. The zero-order chi connectivity index (χ0) is 15.2. The molecule has 1 saturated heterocycles. The first-order valence-electron chi connectivity index (χ1n) is 7.26. The zero-order valence-electron chi connectivity index (χ0n) is 12.6. The van der Waals surface area contributed by atoms with E-state index in [-0.39, 0.29) is 18.5 Å². The zero-order valence-corrected chi connectivity index (χ0v) is 12.6. The highest BCUT2D eigenvalue weighted by atomic mass is 16.5. The average molecular weight is 297 g/mol. The quantitative estimate of drug-likeness (QED) is 0.799. The molecule has 0 unspecified atom stereocenters. The Morgan fingerprint density at radius 1 is 1.48 bits per heavy atom. The number of carbonyl (C=O) groups excluding carboxylic acids is 1. The third kappa shape index (κ3) is 4.30. The summed E-state index contributed by atoms with van der Waals surface area (Å²) in [6.45, 7) is 4.85. The standard InChI is InChI=1S/C15H23NO5/c1-11-9-13(21-14(11)15(18)19-2)10-16-5-3-12(4-6-16)20-8-7-17/h9,12,17H,3-8,10H2,1-2H3. The Labute approximate surface area is 124 Å². The molecule has 0 saturated carbocycles. The number of hydrogen-bond donors (Lipinski definition) is 1. The van der Waals surface area contributed by atoms with Gasteiger partial charge in [0.25, 0.3) is 0 Å². The highest BCUT2D eigenvalue weighted by Crippen LogP contribution is 2.20. The SMILES string of the molecule is COC(=O)c1oc(CN2CCC(OCCO)CC2)cc1C. The minimum absolute atomic E-state index is 0.0716. The number of aryl methyl sites for hydroxylation is 1. The van der Waals surface area contributed by atoms with Crippen LogP contribution < -0.4 is 0 Å². The molecule has 0 aromatic carbocycles. The predicted molar refractivity (Wildman–Crippen MR) is 76.1 cm³/mol. The molecular weight excluding hydrogens is 274 g/mol. The Bertz CT molecular complexity index is 463. The third-order valence-electron chi connectivity index (χ3n) is 3.70. The molecule has 0 radical (unpaired) electrons. The van der Waals surface area contributed by atoms with Crippen molar-refractivity contribution in [1.29, 1.82) is 0 Å². The van der Waals surface area contributed by atoms with Crippen LogP contribution in [0.1, 0.15) is 34.7 Å². The Morgan fingerprint density at radius 3 is 2.81 bits per heavy atom. The van der Waals surface area contributed by atoms with Gasteiger partial charge in [-0.15, -0.1) is 0 Å². The average Bonchev–Trinajstić information content (AvgIpc) is 2.86. The molecule has 6 nitrogen and oxygen atoms in total. The number of hydrogen-bond acceptors (Lipinski definition) is 6. The van der Waals surface area contributed by atoms with Gasteiger partial charge in [0, 0.05) is 18.7 Å². The minimum atomic E-state index is -0.435. The van der Waals surface area contributed by atoms with Crippen molar-refractivity contribution in [2.75, 3.05) is 33.4 Å². The smallest absolute Gasteiger partial charge is 0.374 e. The summed E-state index contributed by atoms with van der Waals surface area (Å²) in [7, 11) is 1.35. The summed E-state index contributed by atoms with van der Waals surface area (Å²) in [4.78, 5) is 13.8. The van der Waals surface area contributed by atoms with Crippen LogP contribution in [0, 0.1) is 6.92 Å². The summed E-state index contributed by atoms with van der Waals surface area (Å²) in [6.07, 6.45) is 2.13. The number of likely N-dealkylation sites (tertiary alicyclic amines) is 1. The Kier molecular flexibility index (Phi) is 5.78. The first-order valence-corrected chi connectivity index (χ1v) is 7.26. The van der Waals surface area contributed by atoms with Gasteiger partial charge in [0.05, 0.1) is 33.0 Å². The van der Waals surface area contributed by atoms with Gasteiger partial charge in [-0.2, -0.15) is 0 Å². The molecule has 1 aliphatic rings. The van der Waals surface area contributed by atoms with Crippen LogP contribution in [-0.2, 0) is 16.0 Å². The van der Waals surface area contributed by atoms with Crippen molar-refractivity contribution in [1.82, 2.24) is 4.90 Å². The molecule has 0 aliphatic carbocycles. The molecule has 0 amide bonds. The summed E-state index contributed by atoms with van der Waals surface area (Å²) in [5.41, 5.74) is 0.804. The van der Waals surface area contributed by atoms with Crippen LogP contribution in [0.25, 0.3) is 0 Å². The maximum Gasteiger partial charge on any atom is 0.374 e. The number of rotatable bonds is 6. The van der Waals surface area contributed by atoms with Gasteiger partial charge in [0.2, 0.25) is 5.76 Å². The maximum absolute atomic E-state index is 11.5. The number of ether oxygens (including phenoxy) is 2. The lowest BCUT2D eigenvalue weighted by atomic mass is 10.1. The fourth-order valence-electron chi connectivity index (χ4n) is 2.60. The van der Waals surface area contributed by atoms with Crippen LogP contribution in [0.4, 0.5) is 0 Å². The topological polar surface area (TPSA) is 72.1 Å². The van der Waals surface area contributed by atoms with Crippen molar-refractivity contribution in [2.24, 2.45) is 0 Å². The fourth-order valence-corrected chi connectivity index (χ4v) is 2.60. The molecule has 2 heterocycles. The Balaban J connectivity index is 1.85. The lowest BCUT2D eigenvalue weighted by Gasteiger charge is -2.31. The number of piperidine rings is 1. The second-order valence-corrected chi connectivity index (χ2v) is 5.29. The normalized spacial score (nSPS) is 17.1. The first kappa shape index (κ1) is 16.0. The molecule has 2 rings (SSSR count). The van der Waals surface area contributed by atoms with Crippen molar-refractivity contribution in [3.63, 3.8) is 0 Å². The van der Waals surface area contributed by atoms with E-state index in [4.69, 9.17) is 14.3 Å². The summed E-state index contributed by atoms with van der Waals surface area (Å²) in [5, 5.41) is 8.75. The summed E-state index contributed by atoms with van der Waals surface area (Å²) in [6, 6.07) is 1.89. The predicted octanol–water partition coefficient (Wildman–Crippen LogP) is 1.35. The fraction of sp³-hybridized carbons (Fsp3) is 0.667. The van der Waals surface area contributed by atoms with Crippen LogP contribution >= 0.6 is 0 Å². The largest absolute Gasteiger partial charge is 0.463 e. The van der Waals surface area contributed by atoms with Gasteiger partial charge >= 0.3 is 5.97 Å². The van der Waals surface area contributed by atoms with Crippen molar-refractivity contribution >= 4 is 5.97 Å². The summed E-state index contributed by atoms with van der Waals surface area (Å²) < 4.78 is 15.8. The number of furan rings is 1. The molecule has 6 heteroatoms. The highest BCUT2D eigenvalue weighted by molar-refractivity contribution is 5.87. The molecule has 1 aromatic rings. The molecule has 118 valence electrons. The number of methoxy groups -OCH3 is 1. The first-order chi connectivity index (χ1) is 10.1. The van der Waals surface area contributed by atoms with Gasteiger partial charge in [-0.05, 0) is 25.8 Å². The third-order valence-corrected chi connectivity index (χ3v) is 3.70. The van der Waals surface area contributed by atoms with Crippen LogP contribution in [0.3, 0.4) is 0 Å². The summed E-state index contributed by atoms with van der Waals surface area (Å²) >= 11 is 0. The molecule has 1 aliphatic heterocycles. The number of esters is 1. The Morgan fingerprint density at radius 2 is 2.19 bits per heavy atom. The highest BCUT2D eigenvalue weighted by Gasteiger charge is 2.22. The number of aliphatic hydroxyl groups is 1. The van der Waals surface area contributed by atoms with Gasteiger partial charge < -0.3 is 19.0 Å². The Hall–Kier alpha value is -1.37. The van der Waals surface area contributed by atoms with E-state index >= 15 is 0 Å². The van der Waals surface area contributed by atoms with Gasteiger partial charge in [-0.3, -0.25) is 4.90 Å². The van der Waals surface area contributed by atoms with Crippen molar-refractivity contribution in [3.8, 4) is 0 Å². The minimum Gasteiger partial charge on any atom is -0.463 e.